The Bertz CT molecular complexity index is 261. The van der Waals surface area contributed by atoms with Crippen LogP contribution in [-0.2, 0) is 11.7 Å². The van der Waals surface area contributed by atoms with E-state index >= 15 is 0 Å². The van der Waals surface area contributed by atoms with Crippen molar-refractivity contribution in [3.63, 3.8) is 0 Å². The number of benzene rings is 1. The quantitative estimate of drug-likeness (QED) is 0.591. The van der Waals surface area contributed by atoms with E-state index in [0.717, 1.165) is 11.7 Å². The second-order valence-electron chi connectivity index (χ2n) is 2.76. The Balaban J connectivity index is 3.02. The summed E-state index contributed by atoms with van der Waals surface area (Å²) in [6.07, 6.45) is 1.16. The molecular formula is C9H11BBr2. The highest BCUT2D eigenvalue weighted by Gasteiger charge is 2.03. The fourth-order valence-electron chi connectivity index (χ4n) is 1.26. The van der Waals surface area contributed by atoms with E-state index in [1.165, 1.54) is 22.9 Å². The maximum absolute atomic E-state index is 3.57. The topological polar surface area (TPSA) is 0 Å². The van der Waals surface area contributed by atoms with Gasteiger partial charge in [-0.05, 0) is 17.2 Å². The van der Waals surface area contributed by atoms with Crippen LogP contribution >= 0.6 is 31.9 Å². The van der Waals surface area contributed by atoms with Gasteiger partial charge in [-0.15, -0.1) is 0 Å². The lowest BCUT2D eigenvalue weighted by atomic mass is 9.74. The van der Waals surface area contributed by atoms with Gasteiger partial charge in [-0.1, -0.05) is 57.1 Å². The summed E-state index contributed by atoms with van der Waals surface area (Å²) in [4.78, 5) is 0. The van der Waals surface area contributed by atoms with Gasteiger partial charge in [-0.2, -0.15) is 0 Å². The van der Waals surface area contributed by atoms with Gasteiger partial charge in [0.15, 0.2) is 0 Å². The number of halogens is 2. The number of rotatable bonds is 3. The van der Waals surface area contributed by atoms with Crippen LogP contribution in [0.1, 0.15) is 11.1 Å². The van der Waals surface area contributed by atoms with E-state index in [0.29, 0.717) is 0 Å². The minimum atomic E-state index is 0.946. The standard InChI is InChI=1S/C9H11BBr2/c1-10-5-8-7(6-11)3-2-4-9(8)12/h2-4,10H,5-6H2,1H3. The SMILES string of the molecule is CBCc1c(Br)cccc1CBr. The Morgan fingerprint density at radius 3 is 2.75 bits per heavy atom. The lowest BCUT2D eigenvalue weighted by molar-refractivity contribution is 1.25. The highest BCUT2D eigenvalue weighted by Crippen LogP contribution is 2.22. The zero-order valence-corrected chi connectivity index (χ0v) is 10.3. The molecule has 0 spiro atoms. The molecule has 0 aliphatic rings. The number of alkyl halides is 1. The van der Waals surface area contributed by atoms with Crippen LogP contribution in [0.25, 0.3) is 0 Å². The van der Waals surface area contributed by atoms with Crippen LogP contribution in [0.5, 0.6) is 0 Å². The van der Waals surface area contributed by atoms with Gasteiger partial charge >= 0.3 is 0 Å². The molecule has 0 amide bonds. The third-order valence-corrected chi connectivity index (χ3v) is 3.21. The van der Waals surface area contributed by atoms with E-state index in [9.17, 15) is 0 Å². The average molecular weight is 290 g/mol. The maximum atomic E-state index is 3.57. The van der Waals surface area contributed by atoms with Gasteiger partial charge in [0, 0.05) is 9.80 Å². The average Bonchev–Trinajstić information content (AvgIpc) is 2.09. The third-order valence-electron chi connectivity index (χ3n) is 1.86. The van der Waals surface area contributed by atoms with Crippen LogP contribution in [0.4, 0.5) is 0 Å². The smallest absolute Gasteiger partial charge is 0.0891 e. The number of hydrogen-bond donors (Lipinski definition) is 0. The summed E-state index contributed by atoms with van der Waals surface area (Å²) >= 11 is 7.06. The molecule has 0 atom stereocenters. The molecule has 1 aromatic rings. The Labute approximate surface area is 91.2 Å². The summed E-state index contributed by atoms with van der Waals surface area (Å²) in [5.41, 5.74) is 2.84. The Morgan fingerprint density at radius 2 is 2.17 bits per heavy atom. The predicted octanol–water partition coefficient (Wildman–Crippen LogP) is 3.33. The first-order chi connectivity index (χ1) is 5.79. The van der Waals surface area contributed by atoms with Gasteiger partial charge in [0.05, 0.1) is 0 Å². The van der Waals surface area contributed by atoms with E-state index in [2.05, 4.69) is 56.9 Å². The van der Waals surface area contributed by atoms with Crippen molar-refractivity contribution in [2.75, 3.05) is 0 Å². The largest absolute Gasteiger partial charge is 0.122 e. The van der Waals surface area contributed by atoms with E-state index in [-0.39, 0.29) is 0 Å². The summed E-state index contributed by atoms with van der Waals surface area (Å²) in [6.45, 7) is 2.21. The molecule has 0 saturated carbocycles. The van der Waals surface area contributed by atoms with Crippen molar-refractivity contribution in [3.8, 4) is 0 Å². The Hall–Kier alpha value is 0.245. The summed E-state index contributed by atoms with van der Waals surface area (Å²) < 4.78 is 1.24. The zero-order chi connectivity index (χ0) is 8.97. The third kappa shape index (κ3) is 2.36. The van der Waals surface area contributed by atoms with Crippen LogP contribution in [-0.4, -0.2) is 7.28 Å². The van der Waals surface area contributed by atoms with Crippen molar-refractivity contribution in [1.29, 1.82) is 0 Å². The van der Waals surface area contributed by atoms with E-state index in [1.807, 2.05) is 0 Å². The molecule has 12 heavy (non-hydrogen) atoms. The summed E-state index contributed by atoms with van der Waals surface area (Å²) in [7, 11) is 1.20. The second kappa shape index (κ2) is 5.08. The summed E-state index contributed by atoms with van der Waals surface area (Å²) in [5, 5.41) is 0.946. The highest BCUT2D eigenvalue weighted by atomic mass is 79.9. The molecule has 0 saturated heterocycles. The molecule has 0 aliphatic carbocycles. The molecule has 0 nitrogen and oxygen atoms in total. The fraction of sp³-hybridized carbons (Fsp3) is 0.333. The van der Waals surface area contributed by atoms with E-state index in [1.54, 1.807) is 0 Å². The molecule has 1 aromatic carbocycles. The lowest BCUT2D eigenvalue weighted by Gasteiger charge is -2.07. The van der Waals surface area contributed by atoms with Gasteiger partial charge in [-0.25, -0.2) is 0 Å². The van der Waals surface area contributed by atoms with Crippen molar-refractivity contribution in [2.24, 2.45) is 0 Å². The van der Waals surface area contributed by atoms with Crippen LogP contribution in [0.2, 0.25) is 6.82 Å². The van der Waals surface area contributed by atoms with Crippen LogP contribution in [0, 0.1) is 0 Å². The van der Waals surface area contributed by atoms with Crippen molar-refractivity contribution in [1.82, 2.24) is 0 Å². The maximum Gasteiger partial charge on any atom is 0.122 e. The van der Waals surface area contributed by atoms with Crippen LogP contribution < -0.4 is 0 Å². The molecule has 64 valence electrons. The zero-order valence-electron chi connectivity index (χ0n) is 7.11. The molecule has 0 aliphatic heterocycles. The van der Waals surface area contributed by atoms with Gasteiger partial charge < -0.3 is 0 Å². The molecule has 0 aromatic heterocycles. The van der Waals surface area contributed by atoms with Crippen molar-refractivity contribution in [2.45, 2.75) is 18.5 Å². The molecule has 0 heterocycles. The minimum Gasteiger partial charge on any atom is -0.0891 e. The molecule has 0 N–H and O–H groups in total. The van der Waals surface area contributed by atoms with E-state index < -0.39 is 0 Å². The Kier molecular flexibility index (Phi) is 4.37. The molecule has 0 bridgehead atoms. The second-order valence-corrected chi connectivity index (χ2v) is 4.18. The predicted molar refractivity (Wildman–Crippen MR) is 63.5 cm³/mol. The van der Waals surface area contributed by atoms with Crippen molar-refractivity contribution >= 4 is 39.1 Å². The van der Waals surface area contributed by atoms with Crippen molar-refractivity contribution < 1.29 is 0 Å². The molecule has 0 unspecified atom stereocenters. The molecule has 0 fully saturated rings. The summed E-state index contributed by atoms with van der Waals surface area (Å²) in [6, 6.07) is 6.36. The normalized spacial score (nSPS) is 9.92. The summed E-state index contributed by atoms with van der Waals surface area (Å²) in [5.74, 6) is 0. The minimum absolute atomic E-state index is 0.946. The van der Waals surface area contributed by atoms with E-state index in [4.69, 9.17) is 0 Å². The van der Waals surface area contributed by atoms with Crippen LogP contribution in [0.3, 0.4) is 0 Å². The first-order valence-corrected chi connectivity index (χ1v) is 6.03. The fourth-order valence-corrected chi connectivity index (χ4v) is 2.39. The molecule has 3 heteroatoms. The van der Waals surface area contributed by atoms with Gasteiger partial charge in [0.25, 0.3) is 0 Å². The molecular weight excluding hydrogens is 279 g/mol. The first-order valence-electron chi connectivity index (χ1n) is 4.11. The number of hydrogen-bond acceptors (Lipinski definition) is 0. The van der Waals surface area contributed by atoms with Gasteiger partial charge in [0.1, 0.15) is 7.28 Å². The van der Waals surface area contributed by atoms with Gasteiger partial charge in [0.2, 0.25) is 0 Å². The lowest BCUT2D eigenvalue weighted by Crippen LogP contribution is -1.97. The monoisotopic (exact) mass is 288 g/mol. The van der Waals surface area contributed by atoms with Gasteiger partial charge in [-0.3, -0.25) is 0 Å². The molecule has 0 radical (unpaired) electrons. The highest BCUT2D eigenvalue weighted by molar-refractivity contribution is 9.10. The molecule has 1 rings (SSSR count). The first kappa shape index (κ1) is 10.3. The van der Waals surface area contributed by atoms with Crippen LogP contribution in [0.15, 0.2) is 22.7 Å². The van der Waals surface area contributed by atoms with Crippen molar-refractivity contribution in [3.05, 3.63) is 33.8 Å². The Morgan fingerprint density at radius 1 is 1.42 bits per heavy atom.